The Kier molecular flexibility index (Phi) is 5.96. The maximum Gasteiger partial charge on any atom is 0.275 e. The minimum Gasteiger partial charge on any atom is -0.494 e. The second-order valence-corrected chi connectivity index (χ2v) is 6.22. The molecule has 3 rings (SSSR count). The molecule has 0 aliphatic heterocycles. The van der Waals surface area contributed by atoms with E-state index in [4.69, 9.17) is 20.9 Å². The molecule has 3 aromatic rings. The van der Waals surface area contributed by atoms with Crippen LogP contribution in [0, 0.1) is 6.92 Å². The van der Waals surface area contributed by atoms with Crippen LogP contribution < -0.4 is 15.6 Å². The highest BCUT2D eigenvalue weighted by atomic mass is 35.5. The SMILES string of the molecule is CCOc1ccc(C(=O)NNC(=O)c2c(-c3ccccc3Cl)noc2C)cc1. The molecule has 0 saturated heterocycles. The number of hydrogen-bond donors (Lipinski definition) is 2. The molecule has 2 N–H and O–H groups in total. The Morgan fingerprint density at radius 2 is 1.75 bits per heavy atom. The summed E-state index contributed by atoms with van der Waals surface area (Å²) in [6.45, 7) is 4.02. The molecule has 0 atom stereocenters. The lowest BCUT2D eigenvalue weighted by molar-refractivity contribution is 0.0846. The van der Waals surface area contributed by atoms with Crippen LogP contribution in [0.4, 0.5) is 0 Å². The van der Waals surface area contributed by atoms with Crippen LogP contribution in [-0.2, 0) is 0 Å². The summed E-state index contributed by atoms with van der Waals surface area (Å²) in [5.41, 5.74) is 6.19. The number of amides is 2. The molecule has 0 spiro atoms. The van der Waals surface area contributed by atoms with Crippen molar-refractivity contribution in [2.24, 2.45) is 0 Å². The number of aryl methyl sites for hydroxylation is 1. The molecule has 2 amide bonds. The first-order valence-corrected chi connectivity index (χ1v) is 8.93. The number of hydrogen-bond acceptors (Lipinski definition) is 5. The number of benzene rings is 2. The highest BCUT2D eigenvalue weighted by Crippen LogP contribution is 2.30. The third-order valence-corrected chi connectivity index (χ3v) is 4.27. The van der Waals surface area contributed by atoms with E-state index >= 15 is 0 Å². The number of rotatable bonds is 5. The molecule has 1 heterocycles. The zero-order valence-corrected chi connectivity index (χ0v) is 16.0. The van der Waals surface area contributed by atoms with Crippen LogP contribution >= 0.6 is 11.6 Å². The zero-order chi connectivity index (χ0) is 20.1. The Morgan fingerprint density at radius 3 is 2.43 bits per heavy atom. The molecule has 0 aliphatic rings. The minimum absolute atomic E-state index is 0.195. The summed E-state index contributed by atoms with van der Waals surface area (Å²) in [6.07, 6.45) is 0. The molecular formula is C20H18ClN3O4. The Balaban J connectivity index is 1.73. The van der Waals surface area contributed by atoms with E-state index in [2.05, 4.69) is 16.0 Å². The first-order valence-electron chi connectivity index (χ1n) is 8.56. The van der Waals surface area contributed by atoms with Gasteiger partial charge in [0, 0.05) is 11.1 Å². The van der Waals surface area contributed by atoms with Crippen molar-refractivity contribution in [3.8, 4) is 17.0 Å². The summed E-state index contributed by atoms with van der Waals surface area (Å²) in [7, 11) is 0. The molecular weight excluding hydrogens is 382 g/mol. The lowest BCUT2D eigenvalue weighted by Gasteiger charge is -2.09. The summed E-state index contributed by atoms with van der Waals surface area (Å²) in [5, 5.41) is 4.37. The quantitative estimate of drug-likeness (QED) is 0.637. The van der Waals surface area contributed by atoms with Crippen LogP contribution in [-0.4, -0.2) is 23.6 Å². The van der Waals surface area contributed by atoms with Crippen molar-refractivity contribution < 1.29 is 18.8 Å². The third-order valence-electron chi connectivity index (χ3n) is 3.94. The Hall–Kier alpha value is -3.32. The van der Waals surface area contributed by atoms with E-state index in [9.17, 15) is 9.59 Å². The van der Waals surface area contributed by atoms with Gasteiger partial charge in [0.05, 0.1) is 11.6 Å². The van der Waals surface area contributed by atoms with Gasteiger partial charge in [-0.2, -0.15) is 0 Å². The fraction of sp³-hybridized carbons (Fsp3) is 0.150. The van der Waals surface area contributed by atoms with Gasteiger partial charge in [-0.05, 0) is 44.2 Å². The van der Waals surface area contributed by atoms with Crippen molar-refractivity contribution in [1.82, 2.24) is 16.0 Å². The second kappa shape index (κ2) is 8.58. The standard InChI is InChI=1S/C20H18ClN3O4/c1-3-27-14-10-8-13(9-11-14)19(25)22-23-20(26)17-12(2)28-24-18(17)15-6-4-5-7-16(15)21/h4-11H,3H2,1-2H3,(H,22,25)(H,23,26). The lowest BCUT2D eigenvalue weighted by atomic mass is 10.1. The number of ether oxygens (including phenoxy) is 1. The smallest absolute Gasteiger partial charge is 0.275 e. The third kappa shape index (κ3) is 4.15. The highest BCUT2D eigenvalue weighted by molar-refractivity contribution is 6.33. The molecule has 0 radical (unpaired) electrons. The van der Waals surface area contributed by atoms with Crippen molar-refractivity contribution in [1.29, 1.82) is 0 Å². The van der Waals surface area contributed by atoms with Crippen molar-refractivity contribution in [2.45, 2.75) is 13.8 Å². The molecule has 28 heavy (non-hydrogen) atoms. The molecule has 2 aromatic carbocycles. The minimum atomic E-state index is -0.562. The number of halogens is 1. The molecule has 0 fully saturated rings. The van der Waals surface area contributed by atoms with E-state index in [1.54, 1.807) is 55.5 Å². The van der Waals surface area contributed by atoms with Gasteiger partial charge in [-0.3, -0.25) is 20.4 Å². The van der Waals surface area contributed by atoms with Crippen molar-refractivity contribution >= 4 is 23.4 Å². The van der Waals surface area contributed by atoms with Crippen LogP contribution in [0.3, 0.4) is 0 Å². The summed E-state index contributed by atoms with van der Waals surface area (Å²) in [5.74, 6) is -0.0620. The number of nitrogens with zero attached hydrogens (tertiary/aromatic N) is 1. The molecule has 0 bridgehead atoms. The second-order valence-electron chi connectivity index (χ2n) is 5.81. The van der Waals surface area contributed by atoms with Gasteiger partial charge in [-0.15, -0.1) is 0 Å². The van der Waals surface area contributed by atoms with Crippen LogP contribution in [0.25, 0.3) is 11.3 Å². The molecule has 1 aromatic heterocycles. The van der Waals surface area contributed by atoms with Gasteiger partial charge in [0.15, 0.2) is 0 Å². The average Bonchev–Trinajstić information content (AvgIpc) is 3.08. The zero-order valence-electron chi connectivity index (χ0n) is 15.3. The normalized spacial score (nSPS) is 10.4. The largest absolute Gasteiger partial charge is 0.494 e. The van der Waals surface area contributed by atoms with Crippen LogP contribution in [0.1, 0.15) is 33.4 Å². The van der Waals surface area contributed by atoms with Crippen LogP contribution in [0.15, 0.2) is 53.1 Å². The van der Waals surface area contributed by atoms with E-state index in [0.717, 1.165) is 0 Å². The maximum absolute atomic E-state index is 12.6. The fourth-order valence-corrected chi connectivity index (χ4v) is 2.82. The predicted molar refractivity (Wildman–Crippen MR) is 104 cm³/mol. The first kappa shape index (κ1) is 19.4. The van der Waals surface area contributed by atoms with Gasteiger partial charge in [0.2, 0.25) is 0 Å². The maximum atomic E-state index is 12.6. The topological polar surface area (TPSA) is 93.5 Å². The van der Waals surface area contributed by atoms with E-state index in [0.29, 0.717) is 40.0 Å². The Morgan fingerprint density at radius 1 is 1.07 bits per heavy atom. The van der Waals surface area contributed by atoms with Gasteiger partial charge in [-0.1, -0.05) is 35.0 Å². The Labute approximate surface area is 166 Å². The molecule has 8 heteroatoms. The van der Waals surface area contributed by atoms with Gasteiger partial charge in [0.25, 0.3) is 11.8 Å². The first-order chi connectivity index (χ1) is 13.5. The highest BCUT2D eigenvalue weighted by Gasteiger charge is 2.23. The monoisotopic (exact) mass is 399 g/mol. The number of nitrogens with one attached hydrogen (secondary N) is 2. The molecule has 7 nitrogen and oxygen atoms in total. The number of carbonyl (C=O) groups excluding carboxylic acids is 2. The van der Waals surface area contributed by atoms with E-state index in [-0.39, 0.29) is 5.56 Å². The van der Waals surface area contributed by atoms with Crippen LogP contribution in [0.2, 0.25) is 5.02 Å². The van der Waals surface area contributed by atoms with Gasteiger partial charge in [0.1, 0.15) is 22.8 Å². The van der Waals surface area contributed by atoms with Crippen molar-refractivity contribution in [3.05, 3.63) is 70.4 Å². The molecule has 144 valence electrons. The fourth-order valence-electron chi connectivity index (χ4n) is 2.59. The van der Waals surface area contributed by atoms with Crippen molar-refractivity contribution in [2.75, 3.05) is 6.61 Å². The summed E-state index contributed by atoms with van der Waals surface area (Å²) < 4.78 is 10.5. The Bertz CT molecular complexity index is 999. The lowest BCUT2D eigenvalue weighted by Crippen LogP contribution is -2.41. The van der Waals surface area contributed by atoms with E-state index in [1.165, 1.54) is 0 Å². The summed E-state index contributed by atoms with van der Waals surface area (Å²) in [4.78, 5) is 24.9. The summed E-state index contributed by atoms with van der Waals surface area (Å²) >= 11 is 6.19. The van der Waals surface area contributed by atoms with Gasteiger partial charge < -0.3 is 9.26 Å². The van der Waals surface area contributed by atoms with Gasteiger partial charge >= 0.3 is 0 Å². The van der Waals surface area contributed by atoms with E-state index in [1.807, 2.05) is 6.92 Å². The number of carbonyl (C=O) groups is 2. The van der Waals surface area contributed by atoms with E-state index < -0.39 is 11.8 Å². The predicted octanol–water partition coefficient (Wildman–Crippen LogP) is 3.78. The molecule has 0 saturated carbocycles. The van der Waals surface area contributed by atoms with Crippen molar-refractivity contribution in [3.63, 3.8) is 0 Å². The molecule has 0 aliphatic carbocycles. The average molecular weight is 400 g/mol. The van der Waals surface area contributed by atoms with Crippen LogP contribution in [0.5, 0.6) is 5.75 Å². The number of aromatic nitrogens is 1. The van der Waals surface area contributed by atoms with Gasteiger partial charge in [-0.25, -0.2) is 0 Å². The molecule has 0 unspecified atom stereocenters. The number of hydrazine groups is 1. The summed E-state index contributed by atoms with van der Waals surface area (Å²) in [6, 6.07) is 13.5.